The van der Waals surface area contributed by atoms with Gasteiger partial charge in [0.1, 0.15) is 0 Å². The van der Waals surface area contributed by atoms with Crippen molar-refractivity contribution in [2.75, 3.05) is 7.11 Å². The molecule has 4 unspecified atom stereocenters. The maximum Gasteiger partial charge on any atom is 0.0724 e. The molecular formula is C13H20NOP. The zero-order valence-corrected chi connectivity index (χ0v) is 10.9. The van der Waals surface area contributed by atoms with Crippen molar-refractivity contribution in [1.82, 2.24) is 5.32 Å². The molecule has 0 radical (unpaired) electrons. The van der Waals surface area contributed by atoms with Crippen molar-refractivity contribution >= 4 is 9.24 Å². The number of rotatable bonds is 4. The second kappa shape index (κ2) is 5.77. The number of benzene rings is 1. The van der Waals surface area contributed by atoms with Gasteiger partial charge in [-0.3, -0.25) is 0 Å². The van der Waals surface area contributed by atoms with Crippen LogP contribution in [0.2, 0.25) is 0 Å². The Kier molecular flexibility index (Phi) is 4.34. The summed E-state index contributed by atoms with van der Waals surface area (Å²) in [6.45, 7) is 0. The molecule has 1 aliphatic rings. The van der Waals surface area contributed by atoms with Crippen molar-refractivity contribution in [3.63, 3.8) is 0 Å². The molecule has 2 nitrogen and oxygen atoms in total. The summed E-state index contributed by atoms with van der Waals surface area (Å²) in [4.78, 5) is 0. The molecule has 0 bridgehead atoms. The minimum absolute atomic E-state index is 0.321. The lowest BCUT2D eigenvalue weighted by atomic mass is 10.1. The first-order valence-electron chi connectivity index (χ1n) is 5.90. The van der Waals surface area contributed by atoms with E-state index in [-0.39, 0.29) is 0 Å². The third kappa shape index (κ3) is 2.82. The van der Waals surface area contributed by atoms with E-state index in [2.05, 4.69) is 44.9 Å². The minimum Gasteiger partial charge on any atom is -0.380 e. The monoisotopic (exact) mass is 237 g/mol. The highest BCUT2D eigenvalue weighted by molar-refractivity contribution is 7.17. The average Bonchev–Trinajstić information content (AvgIpc) is 2.77. The highest BCUT2D eigenvalue weighted by atomic mass is 31.0. The van der Waals surface area contributed by atoms with Gasteiger partial charge in [-0.15, -0.1) is 9.24 Å². The molecule has 0 aromatic heterocycles. The van der Waals surface area contributed by atoms with E-state index in [4.69, 9.17) is 4.74 Å². The summed E-state index contributed by atoms with van der Waals surface area (Å²) in [5, 5.41) is 3.63. The molecule has 1 saturated carbocycles. The lowest BCUT2D eigenvalue weighted by molar-refractivity contribution is 0.0843. The molecule has 3 heteroatoms. The van der Waals surface area contributed by atoms with Crippen LogP contribution in [-0.2, 0) is 4.74 Å². The maximum absolute atomic E-state index is 5.49. The topological polar surface area (TPSA) is 21.3 Å². The van der Waals surface area contributed by atoms with E-state index in [1.54, 1.807) is 0 Å². The summed E-state index contributed by atoms with van der Waals surface area (Å²) in [5.74, 6) is 0.321. The molecule has 1 aromatic rings. The van der Waals surface area contributed by atoms with Gasteiger partial charge in [0.25, 0.3) is 0 Å². The van der Waals surface area contributed by atoms with Crippen LogP contribution in [-0.4, -0.2) is 19.3 Å². The number of hydrogen-bond donors (Lipinski definition) is 1. The lowest BCUT2D eigenvalue weighted by Gasteiger charge is -2.24. The third-order valence-corrected chi connectivity index (χ3v) is 3.88. The zero-order valence-electron chi connectivity index (χ0n) is 9.73. The van der Waals surface area contributed by atoms with Crippen LogP contribution < -0.4 is 5.32 Å². The molecule has 1 N–H and O–H groups in total. The standard InChI is InChI=1S/C13H20NOP/c1-15-12-9-5-8-11(12)14-13(16)10-6-3-2-4-7-10/h2-4,6-7,11-14H,5,8-9,16H2,1H3. The molecule has 0 saturated heterocycles. The molecule has 1 fully saturated rings. The van der Waals surface area contributed by atoms with Gasteiger partial charge in [0.05, 0.1) is 6.10 Å². The molecule has 4 atom stereocenters. The summed E-state index contributed by atoms with van der Waals surface area (Å²) >= 11 is 0. The van der Waals surface area contributed by atoms with Crippen LogP contribution in [0.4, 0.5) is 0 Å². The molecule has 0 aliphatic heterocycles. The molecule has 0 amide bonds. The molecule has 1 aromatic carbocycles. The molecule has 0 spiro atoms. The van der Waals surface area contributed by atoms with Crippen molar-refractivity contribution in [2.24, 2.45) is 0 Å². The maximum atomic E-state index is 5.49. The zero-order chi connectivity index (χ0) is 11.4. The quantitative estimate of drug-likeness (QED) is 0.813. The number of ether oxygens (including phenoxy) is 1. The van der Waals surface area contributed by atoms with E-state index < -0.39 is 0 Å². The fraction of sp³-hybridized carbons (Fsp3) is 0.538. The summed E-state index contributed by atoms with van der Waals surface area (Å²) in [7, 11) is 4.68. The molecule has 16 heavy (non-hydrogen) atoms. The van der Waals surface area contributed by atoms with Gasteiger partial charge in [-0.25, -0.2) is 0 Å². The largest absolute Gasteiger partial charge is 0.380 e. The Bertz CT molecular complexity index is 317. The van der Waals surface area contributed by atoms with Crippen LogP contribution in [0.3, 0.4) is 0 Å². The fourth-order valence-electron chi connectivity index (χ4n) is 2.39. The van der Waals surface area contributed by atoms with Gasteiger partial charge in [-0.2, -0.15) is 0 Å². The third-order valence-electron chi connectivity index (χ3n) is 3.31. The second-order valence-electron chi connectivity index (χ2n) is 4.37. The van der Waals surface area contributed by atoms with Crippen molar-refractivity contribution in [3.8, 4) is 0 Å². The van der Waals surface area contributed by atoms with E-state index in [0.29, 0.717) is 17.9 Å². The fourth-order valence-corrected chi connectivity index (χ4v) is 2.86. The van der Waals surface area contributed by atoms with E-state index in [1.165, 1.54) is 24.8 Å². The Morgan fingerprint density at radius 3 is 2.75 bits per heavy atom. The van der Waals surface area contributed by atoms with Crippen molar-refractivity contribution in [1.29, 1.82) is 0 Å². The lowest BCUT2D eigenvalue weighted by Crippen LogP contribution is -2.37. The van der Waals surface area contributed by atoms with E-state index >= 15 is 0 Å². The highest BCUT2D eigenvalue weighted by Crippen LogP contribution is 2.27. The molecule has 0 heterocycles. The first-order chi connectivity index (χ1) is 7.81. The smallest absolute Gasteiger partial charge is 0.0724 e. The number of methoxy groups -OCH3 is 1. The molecule has 2 rings (SSSR count). The van der Waals surface area contributed by atoms with Crippen molar-refractivity contribution in [2.45, 2.75) is 37.2 Å². The SMILES string of the molecule is COC1CCCC1NC(P)c1ccccc1. The van der Waals surface area contributed by atoms with Gasteiger partial charge in [-0.1, -0.05) is 30.3 Å². The average molecular weight is 237 g/mol. The predicted molar refractivity (Wildman–Crippen MR) is 70.5 cm³/mol. The van der Waals surface area contributed by atoms with Gasteiger partial charge < -0.3 is 10.1 Å². The normalized spacial score (nSPS) is 26.9. The van der Waals surface area contributed by atoms with Crippen LogP contribution >= 0.6 is 9.24 Å². The van der Waals surface area contributed by atoms with Crippen LogP contribution in [0.5, 0.6) is 0 Å². The predicted octanol–water partition coefficient (Wildman–Crippen LogP) is 2.72. The van der Waals surface area contributed by atoms with Gasteiger partial charge in [0.2, 0.25) is 0 Å². The van der Waals surface area contributed by atoms with Crippen LogP contribution in [0.25, 0.3) is 0 Å². The Labute approximate surface area is 100.0 Å². The Balaban J connectivity index is 1.94. The summed E-state index contributed by atoms with van der Waals surface area (Å²) in [6.07, 6.45) is 4.05. The van der Waals surface area contributed by atoms with E-state index in [0.717, 1.165) is 0 Å². The van der Waals surface area contributed by atoms with Crippen LogP contribution in [0.15, 0.2) is 30.3 Å². The summed E-state index contributed by atoms with van der Waals surface area (Å²) < 4.78 is 5.49. The van der Waals surface area contributed by atoms with Gasteiger partial charge in [0, 0.05) is 18.9 Å². The highest BCUT2D eigenvalue weighted by Gasteiger charge is 2.28. The van der Waals surface area contributed by atoms with Crippen molar-refractivity contribution in [3.05, 3.63) is 35.9 Å². The minimum atomic E-state index is 0.321. The van der Waals surface area contributed by atoms with Crippen LogP contribution in [0, 0.1) is 0 Å². The van der Waals surface area contributed by atoms with Gasteiger partial charge in [0.15, 0.2) is 0 Å². The van der Waals surface area contributed by atoms with E-state index in [1.807, 2.05) is 7.11 Å². The Hall–Kier alpha value is -0.430. The van der Waals surface area contributed by atoms with Gasteiger partial charge >= 0.3 is 0 Å². The number of hydrogen-bond acceptors (Lipinski definition) is 2. The summed E-state index contributed by atoms with van der Waals surface area (Å²) in [5.41, 5.74) is 1.31. The molecular weight excluding hydrogens is 217 g/mol. The first kappa shape index (κ1) is 12.0. The van der Waals surface area contributed by atoms with E-state index in [9.17, 15) is 0 Å². The van der Waals surface area contributed by atoms with Crippen LogP contribution in [0.1, 0.15) is 30.6 Å². The number of nitrogens with one attached hydrogen (secondary N) is 1. The second-order valence-corrected chi connectivity index (χ2v) is 5.03. The first-order valence-corrected chi connectivity index (χ1v) is 6.57. The molecule has 88 valence electrons. The Morgan fingerprint density at radius 1 is 1.31 bits per heavy atom. The van der Waals surface area contributed by atoms with Crippen molar-refractivity contribution < 1.29 is 4.74 Å². The van der Waals surface area contributed by atoms with Gasteiger partial charge in [-0.05, 0) is 24.8 Å². The Morgan fingerprint density at radius 2 is 2.06 bits per heavy atom. The summed E-state index contributed by atoms with van der Waals surface area (Å²) in [6, 6.07) is 11.0. The molecule has 1 aliphatic carbocycles.